The van der Waals surface area contributed by atoms with Crippen LogP contribution in [-0.4, -0.2) is 52.4 Å². The molecule has 1 aromatic carbocycles. The second kappa shape index (κ2) is 11.5. The summed E-state index contributed by atoms with van der Waals surface area (Å²) in [6.45, 7) is 5.71. The minimum atomic E-state index is 0. The largest absolute Gasteiger partial charge is 0.383 e. The number of nitrogens with zero attached hydrogens (tertiary/aromatic N) is 2. The maximum atomic E-state index is 5.12. The number of ether oxygens (including phenoxy) is 1. The predicted octanol–water partition coefficient (Wildman–Crippen LogP) is 2.33. The van der Waals surface area contributed by atoms with Gasteiger partial charge in [-0.15, -0.1) is 24.0 Å². The molecule has 1 rings (SSSR count). The summed E-state index contributed by atoms with van der Waals surface area (Å²) in [4.78, 5) is 6.48. The van der Waals surface area contributed by atoms with Crippen LogP contribution in [0.4, 0.5) is 5.69 Å². The van der Waals surface area contributed by atoms with Gasteiger partial charge in [0, 0.05) is 45.5 Å². The van der Waals surface area contributed by atoms with Crippen molar-refractivity contribution in [3.63, 3.8) is 0 Å². The van der Waals surface area contributed by atoms with Crippen LogP contribution in [0.2, 0.25) is 0 Å². The van der Waals surface area contributed by atoms with E-state index in [0.29, 0.717) is 12.6 Å². The van der Waals surface area contributed by atoms with Gasteiger partial charge >= 0.3 is 0 Å². The first-order valence-electron chi connectivity index (χ1n) is 7.32. The van der Waals surface area contributed by atoms with E-state index < -0.39 is 0 Å². The molecule has 2 unspecified atom stereocenters. The van der Waals surface area contributed by atoms with Crippen LogP contribution >= 0.6 is 24.0 Å². The van der Waals surface area contributed by atoms with E-state index in [0.717, 1.165) is 12.5 Å². The number of aliphatic imine (C=N–C) groups is 1. The molecule has 0 amide bonds. The van der Waals surface area contributed by atoms with Gasteiger partial charge in [0.1, 0.15) is 0 Å². The number of rotatable bonds is 7. The van der Waals surface area contributed by atoms with Crippen LogP contribution in [0.3, 0.4) is 0 Å². The lowest BCUT2D eigenvalue weighted by Crippen LogP contribution is -2.48. The monoisotopic (exact) mass is 420 g/mol. The van der Waals surface area contributed by atoms with E-state index in [2.05, 4.69) is 65.7 Å². The maximum Gasteiger partial charge on any atom is 0.191 e. The fourth-order valence-corrected chi connectivity index (χ4v) is 2.02. The zero-order valence-electron chi connectivity index (χ0n) is 14.2. The normalized spacial score (nSPS) is 13.8. The molecule has 0 spiro atoms. The number of hydrogen-bond acceptors (Lipinski definition) is 3. The van der Waals surface area contributed by atoms with Gasteiger partial charge in [0.05, 0.1) is 6.61 Å². The van der Waals surface area contributed by atoms with Crippen molar-refractivity contribution in [2.45, 2.75) is 25.9 Å². The molecule has 0 saturated carbocycles. The van der Waals surface area contributed by atoms with E-state index in [4.69, 9.17) is 4.74 Å². The van der Waals surface area contributed by atoms with Crippen LogP contribution in [0.25, 0.3) is 0 Å². The molecule has 0 saturated heterocycles. The Morgan fingerprint density at radius 3 is 2.45 bits per heavy atom. The number of guanidine groups is 1. The van der Waals surface area contributed by atoms with Crippen molar-refractivity contribution in [3.8, 4) is 0 Å². The van der Waals surface area contributed by atoms with Gasteiger partial charge in [-0.05, 0) is 26.0 Å². The van der Waals surface area contributed by atoms with Gasteiger partial charge < -0.3 is 20.3 Å². The molecule has 1 aromatic rings. The van der Waals surface area contributed by atoms with E-state index >= 15 is 0 Å². The quantitative estimate of drug-likeness (QED) is 0.404. The van der Waals surface area contributed by atoms with Crippen molar-refractivity contribution in [1.82, 2.24) is 10.6 Å². The summed E-state index contributed by atoms with van der Waals surface area (Å²) in [5, 5.41) is 6.65. The highest BCUT2D eigenvalue weighted by molar-refractivity contribution is 14.0. The Bertz CT molecular complexity index is 427. The first kappa shape index (κ1) is 21.0. The molecule has 0 aliphatic heterocycles. The van der Waals surface area contributed by atoms with E-state index in [1.807, 2.05) is 6.07 Å². The Morgan fingerprint density at radius 2 is 1.91 bits per heavy atom. The van der Waals surface area contributed by atoms with Crippen molar-refractivity contribution in [2.75, 3.05) is 39.3 Å². The summed E-state index contributed by atoms with van der Waals surface area (Å²) < 4.78 is 5.12. The number of nitrogens with one attached hydrogen (secondary N) is 2. The fraction of sp³-hybridized carbons (Fsp3) is 0.562. The van der Waals surface area contributed by atoms with Gasteiger partial charge in [0.2, 0.25) is 0 Å². The van der Waals surface area contributed by atoms with Crippen LogP contribution < -0.4 is 15.5 Å². The van der Waals surface area contributed by atoms with Crippen LogP contribution in [0.1, 0.15) is 13.8 Å². The molecular formula is C16H29IN4O. The number of halogens is 1. The molecule has 5 nitrogen and oxygen atoms in total. The fourth-order valence-electron chi connectivity index (χ4n) is 2.02. The van der Waals surface area contributed by atoms with Crippen LogP contribution in [0.5, 0.6) is 0 Å². The molecule has 0 heterocycles. The summed E-state index contributed by atoms with van der Waals surface area (Å²) in [7, 11) is 5.58. The van der Waals surface area contributed by atoms with Crippen LogP contribution in [0.15, 0.2) is 35.3 Å². The molecule has 0 fully saturated rings. The number of likely N-dealkylation sites (N-methyl/N-ethyl adjacent to an activating group) is 1. The highest BCUT2D eigenvalue weighted by Gasteiger charge is 2.11. The Balaban J connectivity index is 0.00000441. The summed E-state index contributed by atoms with van der Waals surface area (Å²) in [6.07, 6.45) is 0. The third-order valence-corrected chi connectivity index (χ3v) is 3.41. The second-order valence-electron chi connectivity index (χ2n) is 5.25. The van der Waals surface area contributed by atoms with Gasteiger partial charge in [0.15, 0.2) is 5.96 Å². The van der Waals surface area contributed by atoms with Gasteiger partial charge in [-0.1, -0.05) is 18.2 Å². The van der Waals surface area contributed by atoms with Crippen LogP contribution in [-0.2, 0) is 4.74 Å². The van der Waals surface area contributed by atoms with Crippen molar-refractivity contribution in [1.29, 1.82) is 0 Å². The molecule has 2 atom stereocenters. The summed E-state index contributed by atoms with van der Waals surface area (Å²) in [5.74, 6) is 0.799. The molecule has 0 bridgehead atoms. The summed E-state index contributed by atoms with van der Waals surface area (Å²) in [6, 6.07) is 10.9. The molecule has 0 aliphatic rings. The van der Waals surface area contributed by atoms with E-state index in [1.54, 1.807) is 14.2 Å². The zero-order valence-corrected chi connectivity index (χ0v) is 16.5. The van der Waals surface area contributed by atoms with Crippen molar-refractivity contribution < 1.29 is 4.74 Å². The molecule has 126 valence electrons. The Hall–Kier alpha value is -1.02. The van der Waals surface area contributed by atoms with E-state index in [-0.39, 0.29) is 30.0 Å². The summed E-state index contributed by atoms with van der Waals surface area (Å²) >= 11 is 0. The molecule has 0 aromatic heterocycles. The Kier molecular flexibility index (Phi) is 11.0. The Morgan fingerprint density at radius 1 is 1.27 bits per heavy atom. The minimum absolute atomic E-state index is 0. The maximum absolute atomic E-state index is 5.12. The van der Waals surface area contributed by atoms with Gasteiger partial charge in [0.25, 0.3) is 0 Å². The second-order valence-corrected chi connectivity index (χ2v) is 5.25. The topological polar surface area (TPSA) is 48.9 Å². The smallest absolute Gasteiger partial charge is 0.191 e. The Labute approximate surface area is 151 Å². The van der Waals surface area contributed by atoms with Crippen molar-refractivity contribution >= 4 is 35.6 Å². The highest BCUT2D eigenvalue weighted by Crippen LogP contribution is 2.13. The highest BCUT2D eigenvalue weighted by atomic mass is 127. The molecular weight excluding hydrogens is 391 g/mol. The standard InChI is InChI=1S/C16H28N4O.HI/c1-13(12-21-5)19-16(17-3)18-11-14(2)20(4)15-9-7-6-8-10-15;/h6-10,13-14H,11-12H2,1-5H3,(H2,17,18,19);1H. The molecule has 0 aliphatic carbocycles. The first-order chi connectivity index (χ1) is 10.1. The summed E-state index contributed by atoms with van der Waals surface area (Å²) in [5.41, 5.74) is 1.21. The number of anilines is 1. The van der Waals surface area contributed by atoms with Gasteiger partial charge in [-0.3, -0.25) is 4.99 Å². The average Bonchev–Trinajstić information content (AvgIpc) is 2.51. The average molecular weight is 420 g/mol. The van der Waals surface area contributed by atoms with Gasteiger partial charge in [-0.25, -0.2) is 0 Å². The third kappa shape index (κ3) is 7.31. The number of hydrogen-bond donors (Lipinski definition) is 2. The number of para-hydroxylation sites is 1. The van der Waals surface area contributed by atoms with E-state index in [9.17, 15) is 0 Å². The lowest BCUT2D eigenvalue weighted by atomic mass is 10.2. The SMILES string of the molecule is CN=C(NCC(C)N(C)c1ccccc1)NC(C)COC.I. The number of benzene rings is 1. The van der Waals surface area contributed by atoms with E-state index in [1.165, 1.54) is 5.69 Å². The number of methoxy groups -OCH3 is 1. The molecule has 0 radical (unpaired) electrons. The molecule has 22 heavy (non-hydrogen) atoms. The first-order valence-corrected chi connectivity index (χ1v) is 7.32. The predicted molar refractivity (Wildman–Crippen MR) is 106 cm³/mol. The van der Waals surface area contributed by atoms with Gasteiger partial charge in [-0.2, -0.15) is 0 Å². The lowest BCUT2D eigenvalue weighted by Gasteiger charge is -2.28. The molecule has 2 N–H and O–H groups in total. The third-order valence-electron chi connectivity index (χ3n) is 3.41. The lowest BCUT2D eigenvalue weighted by molar-refractivity contribution is 0.179. The molecule has 6 heteroatoms. The van der Waals surface area contributed by atoms with Crippen LogP contribution in [0, 0.1) is 0 Å². The zero-order chi connectivity index (χ0) is 15.7. The minimum Gasteiger partial charge on any atom is -0.383 e. The van der Waals surface area contributed by atoms with Crippen molar-refractivity contribution in [3.05, 3.63) is 30.3 Å². The van der Waals surface area contributed by atoms with Crippen molar-refractivity contribution in [2.24, 2.45) is 4.99 Å².